The highest BCUT2D eigenvalue weighted by atomic mass is 32.2. The zero-order chi connectivity index (χ0) is 16.9. The number of rotatable bonds is 8. The summed E-state index contributed by atoms with van der Waals surface area (Å²) in [7, 11) is 0. The smallest absolute Gasteiger partial charge is 0.211 e. The van der Waals surface area contributed by atoms with Gasteiger partial charge in [0, 0.05) is 11.9 Å². The molecular formula is C18H26N5S+. The Balaban J connectivity index is 1.89. The Morgan fingerprint density at radius 1 is 1.08 bits per heavy atom. The first-order chi connectivity index (χ1) is 11.8. The molecule has 0 fully saturated rings. The van der Waals surface area contributed by atoms with E-state index in [1.807, 2.05) is 0 Å². The summed E-state index contributed by atoms with van der Waals surface area (Å²) >= 11 is 1.71. The highest BCUT2D eigenvalue weighted by Crippen LogP contribution is 2.27. The van der Waals surface area contributed by atoms with Gasteiger partial charge in [0.2, 0.25) is 5.16 Å². The number of hydrogen-bond donors (Lipinski definition) is 1. The van der Waals surface area contributed by atoms with Crippen LogP contribution in [0.1, 0.15) is 27.2 Å². The summed E-state index contributed by atoms with van der Waals surface area (Å²) in [6.07, 6.45) is 1.07. The lowest BCUT2D eigenvalue weighted by Crippen LogP contribution is -3.11. The van der Waals surface area contributed by atoms with Gasteiger partial charge < -0.3 is 9.47 Å². The van der Waals surface area contributed by atoms with Crippen LogP contribution in [0.25, 0.3) is 22.1 Å². The van der Waals surface area contributed by atoms with E-state index in [9.17, 15) is 0 Å². The molecule has 6 heteroatoms. The lowest BCUT2D eigenvalue weighted by molar-refractivity contribution is -0.893. The third-order valence-corrected chi connectivity index (χ3v) is 5.33. The minimum absolute atomic E-state index is 0.786. The molecule has 24 heavy (non-hydrogen) atoms. The fourth-order valence-electron chi connectivity index (χ4n) is 3.09. The number of nitrogens with zero attached hydrogens (tertiary/aromatic N) is 4. The van der Waals surface area contributed by atoms with Crippen molar-refractivity contribution >= 4 is 33.8 Å². The third-order valence-electron chi connectivity index (χ3n) is 4.49. The van der Waals surface area contributed by atoms with E-state index >= 15 is 0 Å². The molecule has 0 unspecified atom stereocenters. The van der Waals surface area contributed by atoms with Crippen LogP contribution in [0.3, 0.4) is 0 Å². The second-order valence-corrected chi connectivity index (χ2v) is 7.05. The summed E-state index contributed by atoms with van der Waals surface area (Å²) in [5, 5.41) is 10.8. The van der Waals surface area contributed by atoms with Crippen LogP contribution in [0.4, 0.5) is 0 Å². The van der Waals surface area contributed by atoms with Gasteiger partial charge in [-0.05, 0) is 26.3 Å². The first-order valence-corrected chi connectivity index (χ1v) is 9.85. The van der Waals surface area contributed by atoms with Gasteiger partial charge in [-0.1, -0.05) is 36.9 Å². The second kappa shape index (κ2) is 7.94. The Kier molecular flexibility index (Phi) is 5.68. The van der Waals surface area contributed by atoms with Crippen LogP contribution >= 0.6 is 11.8 Å². The zero-order valence-electron chi connectivity index (χ0n) is 14.7. The van der Waals surface area contributed by atoms with E-state index in [-0.39, 0.29) is 0 Å². The molecule has 0 saturated heterocycles. The number of quaternary nitrogens is 1. The van der Waals surface area contributed by atoms with Crippen LogP contribution < -0.4 is 4.90 Å². The third kappa shape index (κ3) is 3.39. The average Bonchev–Trinajstić information content (AvgIpc) is 2.93. The van der Waals surface area contributed by atoms with Gasteiger partial charge in [-0.3, -0.25) is 0 Å². The minimum Gasteiger partial charge on any atom is -0.335 e. The summed E-state index contributed by atoms with van der Waals surface area (Å²) in [6.45, 7) is 11.1. The number of fused-ring (bicyclic) bond motifs is 3. The Labute approximate surface area is 147 Å². The van der Waals surface area contributed by atoms with Crippen molar-refractivity contribution in [3.05, 3.63) is 24.3 Å². The molecular weight excluding hydrogens is 318 g/mol. The quantitative estimate of drug-likeness (QED) is 0.638. The molecule has 0 aliphatic rings. The summed E-state index contributed by atoms with van der Waals surface area (Å²) in [6, 6.07) is 8.38. The van der Waals surface area contributed by atoms with Crippen molar-refractivity contribution in [3.8, 4) is 0 Å². The van der Waals surface area contributed by atoms with Crippen LogP contribution in [0.5, 0.6) is 0 Å². The van der Waals surface area contributed by atoms with Crippen molar-refractivity contribution < 1.29 is 4.90 Å². The number of benzene rings is 1. The van der Waals surface area contributed by atoms with E-state index in [4.69, 9.17) is 4.98 Å². The van der Waals surface area contributed by atoms with Crippen LogP contribution in [-0.4, -0.2) is 45.1 Å². The van der Waals surface area contributed by atoms with Crippen LogP contribution in [0.2, 0.25) is 0 Å². The normalized spacial score (nSPS) is 11.8. The van der Waals surface area contributed by atoms with Crippen molar-refractivity contribution in [3.63, 3.8) is 0 Å². The van der Waals surface area contributed by atoms with E-state index in [0.29, 0.717) is 0 Å². The van der Waals surface area contributed by atoms with Gasteiger partial charge in [-0.2, -0.15) is 0 Å². The molecule has 3 aromatic rings. The van der Waals surface area contributed by atoms with Gasteiger partial charge >= 0.3 is 0 Å². The predicted octanol–water partition coefficient (Wildman–Crippen LogP) is 2.41. The number of aryl methyl sites for hydroxylation is 1. The summed E-state index contributed by atoms with van der Waals surface area (Å²) in [5.41, 5.74) is 3.08. The minimum atomic E-state index is 0.786. The Morgan fingerprint density at radius 3 is 2.62 bits per heavy atom. The van der Waals surface area contributed by atoms with Gasteiger partial charge in [0.15, 0.2) is 5.65 Å². The van der Waals surface area contributed by atoms with Gasteiger partial charge in [0.05, 0.1) is 30.9 Å². The zero-order valence-corrected chi connectivity index (χ0v) is 15.6. The summed E-state index contributed by atoms with van der Waals surface area (Å²) in [4.78, 5) is 6.43. The van der Waals surface area contributed by atoms with Gasteiger partial charge in [-0.15, -0.1) is 10.2 Å². The molecule has 0 spiro atoms. The monoisotopic (exact) mass is 344 g/mol. The van der Waals surface area contributed by atoms with Gasteiger partial charge in [0.1, 0.15) is 5.52 Å². The van der Waals surface area contributed by atoms with Gasteiger partial charge in [0.25, 0.3) is 0 Å². The molecule has 2 aromatic heterocycles. The molecule has 0 saturated carbocycles. The number of aromatic nitrogens is 4. The van der Waals surface area contributed by atoms with E-state index < -0.39 is 0 Å². The van der Waals surface area contributed by atoms with E-state index in [1.165, 1.54) is 18.6 Å². The Morgan fingerprint density at radius 2 is 1.88 bits per heavy atom. The molecule has 1 N–H and O–H groups in total. The lowest BCUT2D eigenvalue weighted by atomic mass is 10.2. The van der Waals surface area contributed by atoms with Crippen molar-refractivity contribution in [1.29, 1.82) is 0 Å². The van der Waals surface area contributed by atoms with Crippen molar-refractivity contribution in [2.24, 2.45) is 0 Å². The molecule has 3 rings (SSSR count). The van der Waals surface area contributed by atoms with Gasteiger partial charge in [-0.25, -0.2) is 4.98 Å². The molecule has 1 aromatic carbocycles. The van der Waals surface area contributed by atoms with Crippen LogP contribution in [0.15, 0.2) is 29.4 Å². The predicted molar refractivity (Wildman–Crippen MR) is 101 cm³/mol. The maximum absolute atomic E-state index is 4.82. The number of para-hydroxylation sites is 1. The molecule has 0 radical (unpaired) electrons. The molecule has 0 bridgehead atoms. The lowest BCUT2D eigenvalue weighted by Gasteiger charge is -2.14. The number of nitrogens with one attached hydrogen (secondary N) is 1. The molecule has 128 valence electrons. The number of hydrogen-bond acceptors (Lipinski definition) is 4. The molecule has 0 amide bonds. The Bertz CT molecular complexity index is 810. The maximum Gasteiger partial charge on any atom is 0.211 e. The summed E-state index contributed by atoms with van der Waals surface area (Å²) in [5.74, 6) is 1.03. The standard InChI is InChI=1S/C18H25N5S/c1-4-11-23-15-10-8-7-9-14(15)16-17(23)19-18(21-20-16)24-13-12-22(5-2)6-3/h7-10H,4-6,11-13H2,1-3H3/p+1. The highest BCUT2D eigenvalue weighted by molar-refractivity contribution is 7.99. The highest BCUT2D eigenvalue weighted by Gasteiger charge is 2.14. The second-order valence-electron chi connectivity index (χ2n) is 5.99. The first kappa shape index (κ1) is 17.2. The number of thioether (sulfide) groups is 1. The van der Waals surface area contributed by atoms with E-state index in [0.717, 1.165) is 47.0 Å². The van der Waals surface area contributed by atoms with Crippen LogP contribution in [0, 0.1) is 0 Å². The fourth-order valence-corrected chi connectivity index (χ4v) is 3.91. The fraction of sp³-hybridized carbons (Fsp3) is 0.500. The molecule has 2 heterocycles. The molecule has 0 atom stereocenters. The van der Waals surface area contributed by atoms with E-state index in [2.05, 4.69) is 59.8 Å². The largest absolute Gasteiger partial charge is 0.335 e. The average molecular weight is 345 g/mol. The molecule has 0 aliphatic carbocycles. The van der Waals surface area contributed by atoms with Crippen molar-refractivity contribution in [1.82, 2.24) is 19.7 Å². The molecule has 0 aliphatic heterocycles. The SMILES string of the molecule is CCCn1c2ccccc2c2nnc(SCC[NH+](CC)CC)nc21. The summed E-state index contributed by atoms with van der Waals surface area (Å²) < 4.78 is 2.28. The van der Waals surface area contributed by atoms with E-state index in [1.54, 1.807) is 16.7 Å². The first-order valence-electron chi connectivity index (χ1n) is 8.86. The molecule has 5 nitrogen and oxygen atoms in total. The van der Waals surface area contributed by atoms with Crippen molar-refractivity contribution in [2.75, 3.05) is 25.4 Å². The van der Waals surface area contributed by atoms with Crippen molar-refractivity contribution in [2.45, 2.75) is 38.9 Å². The Hall–Kier alpha value is -1.66. The van der Waals surface area contributed by atoms with Crippen LogP contribution in [-0.2, 0) is 6.54 Å². The topological polar surface area (TPSA) is 48.0 Å². The maximum atomic E-state index is 4.82.